The van der Waals surface area contributed by atoms with E-state index >= 15 is 0 Å². The van der Waals surface area contributed by atoms with Gasteiger partial charge in [0.2, 0.25) is 5.91 Å². The van der Waals surface area contributed by atoms with Crippen molar-refractivity contribution >= 4 is 5.91 Å². The van der Waals surface area contributed by atoms with Crippen molar-refractivity contribution in [3.05, 3.63) is 0 Å². The Bertz CT molecular complexity index is 312. The molecule has 0 aromatic rings. The monoisotopic (exact) mass is 282 g/mol. The van der Waals surface area contributed by atoms with E-state index in [0.29, 0.717) is 18.4 Å². The van der Waals surface area contributed by atoms with Crippen LogP contribution in [-0.4, -0.2) is 60.6 Å². The second kappa shape index (κ2) is 7.41. The molecular formula is C16H30N2O2. The van der Waals surface area contributed by atoms with Crippen molar-refractivity contribution in [2.75, 3.05) is 33.7 Å². The third kappa shape index (κ3) is 4.19. The minimum atomic E-state index is -0.360. The Morgan fingerprint density at radius 3 is 2.35 bits per heavy atom. The molecule has 0 bridgehead atoms. The number of likely N-dealkylation sites (tertiary alicyclic amines) is 1. The molecule has 2 aliphatic rings. The number of carbonyl (C=O) groups excluding carboxylic acids is 1. The van der Waals surface area contributed by atoms with E-state index < -0.39 is 0 Å². The fraction of sp³-hybridized carbons (Fsp3) is 0.938. The van der Waals surface area contributed by atoms with Crippen LogP contribution in [0.1, 0.15) is 44.9 Å². The summed E-state index contributed by atoms with van der Waals surface area (Å²) in [5.41, 5.74) is 0. The van der Waals surface area contributed by atoms with Gasteiger partial charge in [-0.25, -0.2) is 0 Å². The lowest BCUT2D eigenvalue weighted by Crippen LogP contribution is -2.50. The highest BCUT2D eigenvalue weighted by molar-refractivity contribution is 5.79. The van der Waals surface area contributed by atoms with Gasteiger partial charge in [-0.2, -0.15) is 0 Å². The van der Waals surface area contributed by atoms with Crippen LogP contribution in [0.25, 0.3) is 0 Å². The molecule has 1 aliphatic carbocycles. The molecule has 1 amide bonds. The summed E-state index contributed by atoms with van der Waals surface area (Å²) in [6, 6.07) is 0. The van der Waals surface area contributed by atoms with Crippen LogP contribution in [0.5, 0.6) is 0 Å². The van der Waals surface area contributed by atoms with Crippen molar-refractivity contribution in [1.82, 2.24) is 9.80 Å². The number of carbonyl (C=O) groups is 1. The largest absolute Gasteiger partial charge is 0.391 e. The predicted molar refractivity (Wildman–Crippen MR) is 80.4 cm³/mol. The van der Waals surface area contributed by atoms with Crippen LogP contribution in [-0.2, 0) is 4.79 Å². The zero-order chi connectivity index (χ0) is 14.5. The molecule has 1 saturated carbocycles. The summed E-state index contributed by atoms with van der Waals surface area (Å²) < 4.78 is 0. The molecule has 4 heteroatoms. The number of amides is 1. The standard InChI is InChI=1S/C16H30N2O2/c1-17(2)11-14-9-10-18(12-15(14)19)16(20)13-7-5-3-4-6-8-13/h13-15,19H,3-12H2,1-2H3/t14-,15+/m0/s1. The fourth-order valence-electron chi connectivity index (χ4n) is 3.65. The quantitative estimate of drug-likeness (QED) is 0.802. The predicted octanol–water partition coefficient (Wildman–Crippen LogP) is 1.73. The first-order valence-electron chi connectivity index (χ1n) is 8.19. The average Bonchev–Trinajstić information content (AvgIpc) is 2.68. The number of β-amino-alcohol motifs (C(OH)–C–C–N with tert-alkyl or cyclic N) is 1. The number of piperidine rings is 1. The molecule has 4 nitrogen and oxygen atoms in total. The summed E-state index contributed by atoms with van der Waals surface area (Å²) in [7, 11) is 4.07. The summed E-state index contributed by atoms with van der Waals surface area (Å²) in [5.74, 6) is 0.826. The van der Waals surface area contributed by atoms with E-state index in [-0.39, 0.29) is 12.0 Å². The molecule has 1 N–H and O–H groups in total. The van der Waals surface area contributed by atoms with Gasteiger partial charge in [-0.1, -0.05) is 25.7 Å². The lowest BCUT2D eigenvalue weighted by molar-refractivity contribution is -0.140. The summed E-state index contributed by atoms with van der Waals surface area (Å²) in [4.78, 5) is 16.6. The van der Waals surface area contributed by atoms with Crippen molar-refractivity contribution in [2.45, 2.75) is 51.0 Å². The van der Waals surface area contributed by atoms with Gasteiger partial charge in [0.05, 0.1) is 6.10 Å². The third-order valence-electron chi connectivity index (χ3n) is 4.84. The van der Waals surface area contributed by atoms with Crippen molar-refractivity contribution in [3.8, 4) is 0 Å². The molecule has 116 valence electrons. The maximum Gasteiger partial charge on any atom is 0.225 e. The fourth-order valence-corrected chi connectivity index (χ4v) is 3.65. The molecule has 2 fully saturated rings. The molecule has 20 heavy (non-hydrogen) atoms. The van der Waals surface area contributed by atoms with Crippen LogP contribution in [0.2, 0.25) is 0 Å². The highest BCUT2D eigenvalue weighted by Crippen LogP contribution is 2.27. The molecule has 0 aromatic heterocycles. The molecule has 2 atom stereocenters. The zero-order valence-corrected chi connectivity index (χ0v) is 13.1. The molecule has 1 heterocycles. The van der Waals surface area contributed by atoms with E-state index in [1.807, 2.05) is 19.0 Å². The SMILES string of the molecule is CN(C)C[C@@H]1CCN(C(=O)C2CCCCCC2)C[C@H]1O. The topological polar surface area (TPSA) is 43.8 Å². The van der Waals surface area contributed by atoms with Crippen molar-refractivity contribution in [2.24, 2.45) is 11.8 Å². The molecule has 0 spiro atoms. The van der Waals surface area contributed by atoms with Crippen LogP contribution in [0, 0.1) is 11.8 Å². The first kappa shape index (κ1) is 15.8. The Balaban J connectivity index is 1.86. The van der Waals surface area contributed by atoms with Crippen molar-refractivity contribution in [1.29, 1.82) is 0 Å². The molecule has 2 rings (SSSR count). The summed E-state index contributed by atoms with van der Waals surface area (Å²) in [6.45, 7) is 2.27. The molecule has 1 aliphatic heterocycles. The maximum atomic E-state index is 12.6. The number of hydrogen-bond donors (Lipinski definition) is 1. The molecule has 0 unspecified atom stereocenters. The van der Waals surface area contributed by atoms with Gasteiger partial charge in [0, 0.05) is 31.5 Å². The summed E-state index contributed by atoms with van der Waals surface area (Å²) >= 11 is 0. The van der Waals surface area contributed by atoms with Gasteiger partial charge in [0.15, 0.2) is 0 Å². The Morgan fingerprint density at radius 2 is 1.80 bits per heavy atom. The minimum absolute atomic E-state index is 0.218. The summed E-state index contributed by atoms with van der Waals surface area (Å²) in [6.07, 6.45) is 7.60. The van der Waals surface area contributed by atoms with Gasteiger partial charge in [-0.05, 0) is 33.4 Å². The smallest absolute Gasteiger partial charge is 0.225 e. The number of nitrogens with zero attached hydrogens (tertiary/aromatic N) is 2. The Kier molecular flexibility index (Phi) is 5.85. The molecule has 0 radical (unpaired) electrons. The van der Waals surface area contributed by atoms with E-state index in [0.717, 1.165) is 32.4 Å². The van der Waals surface area contributed by atoms with E-state index in [4.69, 9.17) is 0 Å². The normalized spacial score (nSPS) is 29.5. The van der Waals surface area contributed by atoms with Gasteiger partial charge in [0.1, 0.15) is 0 Å². The second-order valence-electron chi connectivity index (χ2n) is 6.85. The van der Waals surface area contributed by atoms with Gasteiger partial charge in [-0.15, -0.1) is 0 Å². The van der Waals surface area contributed by atoms with E-state index in [2.05, 4.69) is 4.90 Å². The third-order valence-corrected chi connectivity index (χ3v) is 4.84. The number of rotatable bonds is 3. The van der Waals surface area contributed by atoms with Crippen LogP contribution in [0.3, 0.4) is 0 Å². The lowest BCUT2D eigenvalue weighted by Gasteiger charge is -2.38. The number of hydrogen-bond acceptors (Lipinski definition) is 3. The highest BCUT2D eigenvalue weighted by Gasteiger charge is 2.33. The van der Waals surface area contributed by atoms with E-state index in [9.17, 15) is 9.90 Å². The van der Waals surface area contributed by atoms with Gasteiger partial charge in [0.25, 0.3) is 0 Å². The van der Waals surface area contributed by atoms with Crippen LogP contribution in [0.4, 0.5) is 0 Å². The highest BCUT2D eigenvalue weighted by atomic mass is 16.3. The first-order valence-corrected chi connectivity index (χ1v) is 8.19. The van der Waals surface area contributed by atoms with Crippen molar-refractivity contribution < 1.29 is 9.90 Å². The Labute approximate surface area is 123 Å². The Hall–Kier alpha value is -0.610. The van der Waals surface area contributed by atoms with Crippen molar-refractivity contribution in [3.63, 3.8) is 0 Å². The lowest BCUT2D eigenvalue weighted by atomic mass is 9.91. The van der Waals surface area contributed by atoms with E-state index in [1.54, 1.807) is 0 Å². The van der Waals surface area contributed by atoms with Gasteiger partial charge >= 0.3 is 0 Å². The average molecular weight is 282 g/mol. The molecule has 0 aromatic carbocycles. The number of aliphatic hydroxyl groups is 1. The van der Waals surface area contributed by atoms with Crippen LogP contribution >= 0.6 is 0 Å². The maximum absolute atomic E-state index is 12.6. The molecule has 1 saturated heterocycles. The summed E-state index contributed by atoms with van der Waals surface area (Å²) in [5, 5.41) is 10.3. The molecular weight excluding hydrogens is 252 g/mol. The van der Waals surface area contributed by atoms with Gasteiger partial charge in [-0.3, -0.25) is 4.79 Å². The van der Waals surface area contributed by atoms with Crippen LogP contribution < -0.4 is 0 Å². The zero-order valence-electron chi connectivity index (χ0n) is 13.1. The Morgan fingerprint density at radius 1 is 1.15 bits per heavy atom. The van der Waals surface area contributed by atoms with E-state index in [1.165, 1.54) is 25.7 Å². The van der Waals surface area contributed by atoms with Gasteiger partial charge < -0.3 is 14.9 Å². The second-order valence-corrected chi connectivity index (χ2v) is 6.85. The minimum Gasteiger partial charge on any atom is -0.391 e. The number of aliphatic hydroxyl groups excluding tert-OH is 1. The first-order chi connectivity index (χ1) is 9.58. The van der Waals surface area contributed by atoms with Crippen LogP contribution in [0.15, 0.2) is 0 Å².